The average Bonchev–Trinajstić information content (AvgIpc) is 3.15. The van der Waals surface area contributed by atoms with Crippen LogP contribution in [-0.4, -0.2) is 71.5 Å². The molecule has 0 bridgehead atoms. The van der Waals surface area contributed by atoms with E-state index in [0.29, 0.717) is 61.0 Å². The number of sulfonamides is 1. The molecular formula is C24H33N5O4S. The third kappa shape index (κ3) is 4.49. The minimum atomic E-state index is -3.79. The van der Waals surface area contributed by atoms with Crippen molar-refractivity contribution in [3.05, 3.63) is 40.3 Å². The average molecular weight is 488 g/mol. The first-order valence-electron chi connectivity index (χ1n) is 11.9. The number of fused-ring (bicyclic) bond motifs is 1. The van der Waals surface area contributed by atoms with Crippen LogP contribution in [0.25, 0.3) is 22.4 Å². The highest BCUT2D eigenvalue weighted by Crippen LogP contribution is 2.32. The van der Waals surface area contributed by atoms with Crippen LogP contribution >= 0.6 is 0 Å². The van der Waals surface area contributed by atoms with Crippen molar-refractivity contribution < 1.29 is 13.2 Å². The summed E-state index contributed by atoms with van der Waals surface area (Å²) in [5.74, 6) is 0.640. The van der Waals surface area contributed by atoms with Gasteiger partial charge in [0.25, 0.3) is 5.56 Å². The molecule has 184 valence electrons. The number of H-pyrrole nitrogens is 1. The smallest absolute Gasteiger partial charge is 0.260 e. The van der Waals surface area contributed by atoms with Gasteiger partial charge in [0.1, 0.15) is 22.1 Å². The van der Waals surface area contributed by atoms with Gasteiger partial charge in [-0.3, -0.25) is 4.79 Å². The second-order valence-corrected chi connectivity index (χ2v) is 10.5. The molecule has 2 aromatic heterocycles. The van der Waals surface area contributed by atoms with Crippen molar-refractivity contribution in [2.24, 2.45) is 0 Å². The summed E-state index contributed by atoms with van der Waals surface area (Å²) < 4.78 is 36.4. The molecule has 0 unspecified atom stereocenters. The predicted octanol–water partition coefficient (Wildman–Crippen LogP) is 2.83. The second kappa shape index (κ2) is 9.89. The fourth-order valence-electron chi connectivity index (χ4n) is 4.49. The molecule has 3 heterocycles. The molecule has 34 heavy (non-hydrogen) atoms. The van der Waals surface area contributed by atoms with Crippen molar-refractivity contribution in [2.45, 2.75) is 45.6 Å². The van der Waals surface area contributed by atoms with E-state index in [-0.39, 0.29) is 10.5 Å². The van der Waals surface area contributed by atoms with Crippen LogP contribution in [-0.2, 0) is 16.6 Å². The molecule has 4 rings (SSSR count). The van der Waals surface area contributed by atoms with E-state index in [1.165, 1.54) is 4.31 Å². The number of aromatic nitrogens is 3. The second-order valence-electron chi connectivity index (χ2n) is 8.55. The highest BCUT2D eigenvalue weighted by molar-refractivity contribution is 7.89. The maximum Gasteiger partial charge on any atom is 0.260 e. The van der Waals surface area contributed by atoms with E-state index >= 15 is 0 Å². The summed E-state index contributed by atoms with van der Waals surface area (Å²) in [6.07, 6.45) is 2.84. The SMILES string of the molecule is CCCn1cc(C)c2c(=O)[nH]c(-c3ccc(OCC)c(S(=O)(=O)N4CCN(CC)CC4)c3)nc21. The van der Waals surface area contributed by atoms with Gasteiger partial charge in [0.2, 0.25) is 10.0 Å². The first-order chi connectivity index (χ1) is 16.3. The number of nitrogens with one attached hydrogen (secondary N) is 1. The summed E-state index contributed by atoms with van der Waals surface area (Å²) in [6, 6.07) is 4.95. The fourth-order valence-corrected chi connectivity index (χ4v) is 6.07. The molecule has 1 aromatic carbocycles. The molecule has 0 atom stereocenters. The van der Waals surface area contributed by atoms with E-state index in [2.05, 4.69) is 23.7 Å². The van der Waals surface area contributed by atoms with Gasteiger partial charge in [-0.25, -0.2) is 13.4 Å². The summed E-state index contributed by atoms with van der Waals surface area (Å²) in [6.45, 7) is 12.1. The number of rotatable bonds is 8. The monoisotopic (exact) mass is 487 g/mol. The molecule has 9 nitrogen and oxygen atoms in total. The Hall–Kier alpha value is -2.69. The number of aryl methyl sites for hydroxylation is 2. The van der Waals surface area contributed by atoms with Crippen LogP contribution in [0.3, 0.4) is 0 Å². The van der Waals surface area contributed by atoms with Crippen LogP contribution in [0.4, 0.5) is 0 Å². The molecule has 0 spiro atoms. The fraction of sp³-hybridized carbons (Fsp3) is 0.500. The number of aromatic amines is 1. The van der Waals surface area contributed by atoms with Crippen LogP contribution in [0.1, 0.15) is 32.8 Å². The van der Waals surface area contributed by atoms with Crippen molar-refractivity contribution in [1.82, 2.24) is 23.7 Å². The maximum atomic E-state index is 13.6. The van der Waals surface area contributed by atoms with Crippen LogP contribution in [0.5, 0.6) is 5.75 Å². The number of likely N-dealkylation sites (N-methyl/N-ethyl adjacent to an activating group) is 1. The standard InChI is InChI=1S/C24H33N5O4S/c1-5-10-28-16-17(4)21-23(28)25-22(26-24(21)30)18-8-9-19(33-7-3)20(15-18)34(31,32)29-13-11-27(6-2)12-14-29/h8-9,15-16H,5-7,10-14H2,1-4H3,(H,25,26,30). The zero-order valence-electron chi connectivity index (χ0n) is 20.3. The molecule has 3 aromatic rings. The largest absolute Gasteiger partial charge is 0.492 e. The number of nitrogens with zero attached hydrogens (tertiary/aromatic N) is 4. The van der Waals surface area contributed by atoms with E-state index in [1.807, 2.05) is 24.6 Å². The van der Waals surface area contributed by atoms with E-state index in [0.717, 1.165) is 25.1 Å². The van der Waals surface area contributed by atoms with Crippen LogP contribution in [0.2, 0.25) is 0 Å². The minimum Gasteiger partial charge on any atom is -0.492 e. The lowest BCUT2D eigenvalue weighted by Gasteiger charge is -2.33. The molecule has 1 N–H and O–H groups in total. The van der Waals surface area contributed by atoms with Crippen molar-refractivity contribution in [2.75, 3.05) is 39.3 Å². The first-order valence-corrected chi connectivity index (χ1v) is 13.3. The van der Waals surface area contributed by atoms with Crippen LogP contribution in [0.15, 0.2) is 34.1 Å². The molecule has 0 saturated carbocycles. The summed E-state index contributed by atoms with van der Waals surface area (Å²) in [5, 5.41) is 0.560. The highest BCUT2D eigenvalue weighted by Gasteiger charge is 2.31. The number of ether oxygens (including phenoxy) is 1. The third-order valence-corrected chi connectivity index (χ3v) is 8.21. The topological polar surface area (TPSA) is 101 Å². The number of benzene rings is 1. The molecule has 1 aliphatic heterocycles. The van der Waals surface area contributed by atoms with Gasteiger partial charge >= 0.3 is 0 Å². The van der Waals surface area contributed by atoms with Gasteiger partial charge in [-0.1, -0.05) is 13.8 Å². The molecule has 1 fully saturated rings. The molecule has 10 heteroatoms. The zero-order chi connectivity index (χ0) is 24.5. The Kier molecular flexibility index (Phi) is 7.11. The lowest BCUT2D eigenvalue weighted by Crippen LogP contribution is -2.48. The lowest BCUT2D eigenvalue weighted by atomic mass is 10.2. The quantitative estimate of drug-likeness (QED) is 0.524. The predicted molar refractivity (Wildman–Crippen MR) is 133 cm³/mol. The lowest BCUT2D eigenvalue weighted by molar-refractivity contribution is 0.196. The Morgan fingerprint density at radius 1 is 1.12 bits per heavy atom. The molecular weight excluding hydrogens is 454 g/mol. The van der Waals surface area contributed by atoms with Crippen LogP contribution in [0, 0.1) is 6.92 Å². The number of piperazine rings is 1. The van der Waals surface area contributed by atoms with E-state index in [4.69, 9.17) is 9.72 Å². The summed E-state index contributed by atoms with van der Waals surface area (Å²) in [7, 11) is -3.79. The van der Waals surface area contributed by atoms with Crippen LogP contribution < -0.4 is 10.3 Å². The first kappa shape index (κ1) is 24.4. The Morgan fingerprint density at radius 2 is 1.85 bits per heavy atom. The van der Waals surface area contributed by atoms with Gasteiger partial charge < -0.3 is 19.2 Å². The van der Waals surface area contributed by atoms with Gasteiger partial charge in [-0.15, -0.1) is 0 Å². The highest BCUT2D eigenvalue weighted by atomic mass is 32.2. The molecule has 0 radical (unpaired) electrons. The molecule has 1 aliphatic rings. The van der Waals surface area contributed by atoms with Gasteiger partial charge in [-0.2, -0.15) is 4.31 Å². The third-order valence-electron chi connectivity index (χ3n) is 6.29. The van der Waals surface area contributed by atoms with Crippen molar-refractivity contribution in [3.63, 3.8) is 0 Å². The number of hydrogen-bond donors (Lipinski definition) is 1. The zero-order valence-corrected chi connectivity index (χ0v) is 21.1. The Balaban J connectivity index is 1.80. The van der Waals surface area contributed by atoms with Gasteiger partial charge in [-0.05, 0) is 50.6 Å². The van der Waals surface area contributed by atoms with E-state index in [1.54, 1.807) is 18.2 Å². The molecule has 1 saturated heterocycles. The van der Waals surface area contributed by atoms with Gasteiger partial charge in [0.15, 0.2) is 0 Å². The summed E-state index contributed by atoms with van der Waals surface area (Å²) >= 11 is 0. The summed E-state index contributed by atoms with van der Waals surface area (Å²) in [4.78, 5) is 22.8. The van der Waals surface area contributed by atoms with E-state index in [9.17, 15) is 13.2 Å². The molecule has 0 amide bonds. The molecule has 0 aliphatic carbocycles. The minimum absolute atomic E-state index is 0.0969. The summed E-state index contributed by atoms with van der Waals surface area (Å²) in [5.41, 5.74) is 1.76. The van der Waals surface area contributed by atoms with Crippen molar-refractivity contribution >= 4 is 21.1 Å². The van der Waals surface area contributed by atoms with Gasteiger partial charge in [0.05, 0.1) is 12.0 Å². The van der Waals surface area contributed by atoms with E-state index < -0.39 is 10.0 Å². The normalized spacial score (nSPS) is 15.8. The van der Waals surface area contributed by atoms with Gasteiger partial charge in [0, 0.05) is 44.5 Å². The Bertz CT molecular complexity index is 1340. The maximum absolute atomic E-state index is 13.6. The van der Waals surface area contributed by atoms with Crippen molar-refractivity contribution in [1.29, 1.82) is 0 Å². The Morgan fingerprint density at radius 3 is 2.50 bits per heavy atom. The Labute approximate surface area is 200 Å². The van der Waals surface area contributed by atoms with Crippen molar-refractivity contribution in [3.8, 4) is 17.1 Å². The number of hydrogen-bond acceptors (Lipinski definition) is 6.